The molecule has 5 rings (SSSR count). The smallest absolute Gasteiger partial charge is 0.267 e. The number of aromatic nitrogens is 2. The summed E-state index contributed by atoms with van der Waals surface area (Å²) < 4.78 is 2.04. The van der Waals surface area contributed by atoms with Crippen LogP contribution in [0.1, 0.15) is 30.5 Å². The zero-order valence-corrected chi connectivity index (χ0v) is 19.4. The summed E-state index contributed by atoms with van der Waals surface area (Å²) in [5, 5.41) is 0. The number of amides is 1. The van der Waals surface area contributed by atoms with Crippen molar-refractivity contribution in [3.05, 3.63) is 80.6 Å². The Morgan fingerprint density at radius 2 is 1.84 bits per heavy atom. The highest BCUT2D eigenvalue weighted by molar-refractivity contribution is 8.26. The summed E-state index contributed by atoms with van der Waals surface area (Å²) in [7, 11) is 0. The van der Waals surface area contributed by atoms with Gasteiger partial charge in [-0.1, -0.05) is 54.3 Å². The average molecular weight is 463 g/mol. The zero-order valence-electron chi connectivity index (χ0n) is 17.8. The van der Waals surface area contributed by atoms with Crippen LogP contribution >= 0.6 is 24.0 Å². The highest BCUT2D eigenvalue weighted by atomic mass is 32.2. The second-order valence-electron chi connectivity index (χ2n) is 8.17. The van der Waals surface area contributed by atoms with Crippen molar-refractivity contribution in [1.82, 2.24) is 14.3 Å². The Morgan fingerprint density at radius 1 is 1.09 bits per heavy atom. The van der Waals surface area contributed by atoms with Crippen LogP contribution in [0.15, 0.2) is 58.4 Å². The molecule has 0 bridgehead atoms. The highest BCUT2D eigenvalue weighted by Gasteiger charge is 2.34. The zero-order chi connectivity index (χ0) is 22.4. The Hall–Kier alpha value is -2.97. The molecule has 0 radical (unpaired) electrons. The monoisotopic (exact) mass is 462 g/mol. The number of thiocarbonyl (C=S) groups is 1. The molecular formula is C24H22N4O2S2. The molecule has 0 unspecified atom stereocenters. The molecule has 2 aliphatic heterocycles. The SMILES string of the molecule is CC(C)N1C(=O)/C(=C/c2c(N3CCc4ccccc4C3)nc3ccccn3c2=O)SC1=S. The third-order valence-corrected chi connectivity index (χ3v) is 7.12. The standard InChI is InChI=1S/C24H22N4O2S2/c1-15(2)28-23(30)19(32-24(28)31)13-18-21(25-20-9-5-6-11-27(20)22(18)29)26-12-10-16-7-3-4-8-17(16)14-26/h3-9,11,13,15H,10,12,14H2,1-2H3/b19-13-. The minimum Gasteiger partial charge on any atom is -0.351 e. The number of benzene rings is 1. The number of thioether (sulfide) groups is 1. The first kappa shape index (κ1) is 20.9. The Morgan fingerprint density at radius 3 is 2.59 bits per heavy atom. The summed E-state index contributed by atoms with van der Waals surface area (Å²) in [6, 6.07) is 13.8. The van der Waals surface area contributed by atoms with Crippen molar-refractivity contribution < 1.29 is 4.79 Å². The van der Waals surface area contributed by atoms with E-state index in [1.807, 2.05) is 32.0 Å². The molecule has 0 saturated carbocycles. The predicted octanol–water partition coefficient (Wildman–Crippen LogP) is 3.87. The molecule has 2 aromatic heterocycles. The fraction of sp³-hybridized carbons (Fsp3) is 0.250. The minimum atomic E-state index is -0.195. The normalized spacial score (nSPS) is 17.7. The summed E-state index contributed by atoms with van der Waals surface area (Å²) in [5.41, 5.74) is 3.35. The number of nitrogens with zero attached hydrogens (tertiary/aromatic N) is 4. The van der Waals surface area contributed by atoms with Crippen molar-refractivity contribution >= 4 is 51.7 Å². The molecule has 32 heavy (non-hydrogen) atoms. The molecule has 0 N–H and O–H groups in total. The van der Waals surface area contributed by atoms with E-state index in [0.717, 1.165) is 13.0 Å². The third-order valence-electron chi connectivity index (χ3n) is 5.79. The van der Waals surface area contributed by atoms with Crippen LogP contribution in [-0.2, 0) is 17.8 Å². The Labute approximate surface area is 195 Å². The van der Waals surface area contributed by atoms with E-state index in [0.29, 0.717) is 32.8 Å². The Balaban J connectivity index is 1.66. The topological polar surface area (TPSA) is 57.9 Å². The number of hydrogen-bond donors (Lipinski definition) is 0. The second-order valence-corrected chi connectivity index (χ2v) is 9.84. The summed E-state index contributed by atoms with van der Waals surface area (Å²) in [4.78, 5) is 35.5. The average Bonchev–Trinajstić information content (AvgIpc) is 3.08. The van der Waals surface area contributed by atoms with Gasteiger partial charge < -0.3 is 4.90 Å². The number of anilines is 1. The van der Waals surface area contributed by atoms with Crippen molar-refractivity contribution in [2.45, 2.75) is 32.9 Å². The number of hydrogen-bond acceptors (Lipinski definition) is 6. The molecule has 1 amide bonds. The summed E-state index contributed by atoms with van der Waals surface area (Å²) in [5.74, 6) is 0.438. The lowest BCUT2D eigenvalue weighted by Crippen LogP contribution is -2.35. The second kappa shape index (κ2) is 8.18. The lowest BCUT2D eigenvalue weighted by atomic mass is 9.99. The molecule has 6 nitrogen and oxygen atoms in total. The van der Waals surface area contributed by atoms with Gasteiger partial charge in [0.25, 0.3) is 11.5 Å². The summed E-state index contributed by atoms with van der Waals surface area (Å²) >= 11 is 6.65. The van der Waals surface area contributed by atoms with E-state index in [1.165, 1.54) is 27.3 Å². The number of carbonyl (C=O) groups excluding carboxylic acids is 1. The van der Waals surface area contributed by atoms with Crippen LogP contribution in [0.3, 0.4) is 0 Å². The maximum absolute atomic E-state index is 13.5. The minimum absolute atomic E-state index is 0.0395. The van der Waals surface area contributed by atoms with Gasteiger partial charge in [-0.2, -0.15) is 0 Å². The van der Waals surface area contributed by atoms with Crippen LogP contribution in [0.25, 0.3) is 11.7 Å². The van der Waals surface area contributed by atoms with Crippen LogP contribution in [0, 0.1) is 0 Å². The van der Waals surface area contributed by atoms with Crippen molar-refractivity contribution in [2.24, 2.45) is 0 Å². The van der Waals surface area contributed by atoms with Gasteiger partial charge in [-0.05, 0) is 49.6 Å². The fourth-order valence-electron chi connectivity index (χ4n) is 4.19. The number of fused-ring (bicyclic) bond motifs is 2. The van der Waals surface area contributed by atoms with Crippen LogP contribution in [0.5, 0.6) is 0 Å². The fourth-order valence-corrected chi connectivity index (χ4v) is 5.70. The first-order chi connectivity index (χ1) is 15.4. The number of pyridine rings is 1. The van der Waals surface area contributed by atoms with E-state index in [9.17, 15) is 9.59 Å². The van der Waals surface area contributed by atoms with Crippen molar-refractivity contribution in [3.63, 3.8) is 0 Å². The van der Waals surface area contributed by atoms with Gasteiger partial charge in [0.05, 0.1) is 10.5 Å². The molecule has 1 saturated heterocycles. The van der Waals surface area contributed by atoms with Gasteiger partial charge in [-0.3, -0.25) is 18.9 Å². The van der Waals surface area contributed by atoms with Crippen LogP contribution in [0.2, 0.25) is 0 Å². The van der Waals surface area contributed by atoms with E-state index < -0.39 is 0 Å². The van der Waals surface area contributed by atoms with Gasteiger partial charge in [0.15, 0.2) is 0 Å². The molecule has 1 fully saturated rings. The first-order valence-corrected chi connectivity index (χ1v) is 11.8. The van der Waals surface area contributed by atoms with Gasteiger partial charge in [0, 0.05) is 25.3 Å². The Kier molecular flexibility index (Phi) is 5.35. The Bertz CT molecular complexity index is 1350. The lowest BCUT2D eigenvalue weighted by molar-refractivity contribution is -0.123. The van der Waals surface area contributed by atoms with Gasteiger partial charge in [0.1, 0.15) is 15.8 Å². The summed E-state index contributed by atoms with van der Waals surface area (Å²) in [6.07, 6.45) is 4.25. The molecule has 2 aliphatic rings. The van der Waals surface area contributed by atoms with E-state index in [4.69, 9.17) is 17.2 Å². The largest absolute Gasteiger partial charge is 0.351 e. The molecule has 3 aromatic rings. The van der Waals surface area contributed by atoms with E-state index in [2.05, 4.69) is 23.1 Å². The molecule has 4 heterocycles. The molecule has 0 spiro atoms. The predicted molar refractivity (Wildman–Crippen MR) is 133 cm³/mol. The molecule has 0 atom stereocenters. The maximum Gasteiger partial charge on any atom is 0.267 e. The van der Waals surface area contributed by atoms with E-state index in [-0.39, 0.29) is 17.5 Å². The third kappa shape index (κ3) is 3.53. The molecule has 1 aromatic carbocycles. The molecule has 0 aliphatic carbocycles. The molecular weight excluding hydrogens is 440 g/mol. The summed E-state index contributed by atoms with van der Waals surface area (Å²) in [6.45, 7) is 5.27. The molecule has 8 heteroatoms. The number of carbonyl (C=O) groups is 1. The van der Waals surface area contributed by atoms with Gasteiger partial charge in [-0.15, -0.1) is 0 Å². The van der Waals surface area contributed by atoms with Crippen molar-refractivity contribution in [1.29, 1.82) is 0 Å². The van der Waals surface area contributed by atoms with Crippen molar-refractivity contribution in [3.8, 4) is 0 Å². The first-order valence-electron chi connectivity index (χ1n) is 10.5. The van der Waals surface area contributed by atoms with E-state index in [1.54, 1.807) is 23.2 Å². The highest BCUT2D eigenvalue weighted by Crippen LogP contribution is 2.35. The van der Waals surface area contributed by atoms with Crippen LogP contribution in [-0.4, -0.2) is 37.1 Å². The number of rotatable bonds is 3. The van der Waals surface area contributed by atoms with Crippen LogP contribution < -0.4 is 10.5 Å². The van der Waals surface area contributed by atoms with Gasteiger partial charge in [-0.25, -0.2) is 4.98 Å². The van der Waals surface area contributed by atoms with E-state index >= 15 is 0 Å². The van der Waals surface area contributed by atoms with Gasteiger partial charge >= 0.3 is 0 Å². The maximum atomic E-state index is 13.5. The molecule has 162 valence electrons. The quantitative estimate of drug-likeness (QED) is 0.435. The van der Waals surface area contributed by atoms with Gasteiger partial charge in [0.2, 0.25) is 0 Å². The van der Waals surface area contributed by atoms with Crippen molar-refractivity contribution in [2.75, 3.05) is 11.4 Å². The lowest BCUT2D eigenvalue weighted by Gasteiger charge is -2.30. The van der Waals surface area contributed by atoms with Crippen LogP contribution in [0.4, 0.5) is 5.82 Å².